The summed E-state index contributed by atoms with van der Waals surface area (Å²) in [5.41, 5.74) is 1.23. The first-order valence-corrected chi connectivity index (χ1v) is 6.61. The zero-order valence-corrected chi connectivity index (χ0v) is 11.7. The van der Waals surface area contributed by atoms with Crippen molar-refractivity contribution in [2.75, 3.05) is 7.11 Å². The molecule has 0 saturated carbocycles. The van der Waals surface area contributed by atoms with E-state index in [1.165, 1.54) is 5.56 Å². The van der Waals surface area contributed by atoms with Crippen LogP contribution in [0.3, 0.4) is 0 Å². The molecule has 0 saturated heterocycles. The predicted octanol–water partition coefficient (Wildman–Crippen LogP) is 3.57. The molecule has 0 aliphatic carbocycles. The molecule has 0 spiro atoms. The maximum Gasteiger partial charge on any atom is 0.119 e. The van der Waals surface area contributed by atoms with Crippen molar-refractivity contribution in [1.82, 2.24) is 5.32 Å². The van der Waals surface area contributed by atoms with Gasteiger partial charge in [-0.25, -0.2) is 0 Å². The van der Waals surface area contributed by atoms with Crippen LogP contribution < -0.4 is 10.1 Å². The van der Waals surface area contributed by atoms with Crippen LogP contribution in [-0.2, 0) is 6.42 Å². The van der Waals surface area contributed by atoms with Gasteiger partial charge in [0.25, 0.3) is 0 Å². The van der Waals surface area contributed by atoms with Crippen molar-refractivity contribution in [2.24, 2.45) is 0 Å². The van der Waals surface area contributed by atoms with E-state index in [9.17, 15) is 0 Å². The number of methoxy groups -OCH3 is 1. The van der Waals surface area contributed by atoms with E-state index >= 15 is 0 Å². The lowest BCUT2D eigenvalue weighted by atomic mass is 10.1. The molecule has 1 heterocycles. The number of nitrogens with one attached hydrogen (secondary N) is 1. The molecule has 0 radical (unpaired) electrons. The number of rotatable bonds is 6. The molecule has 1 aromatic heterocycles. The standard InChI is InChI=1S/C16H21NO2/c1-12(10-16-8-5-9-19-16)17-13(2)14-6-4-7-15(11-14)18-3/h4-9,11-13,17H,10H2,1-3H3/t12?,13-/m1/s1. The fourth-order valence-electron chi connectivity index (χ4n) is 2.22. The number of ether oxygens (including phenoxy) is 1. The van der Waals surface area contributed by atoms with E-state index in [-0.39, 0.29) is 6.04 Å². The van der Waals surface area contributed by atoms with E-state index in [1.54, 1.807) is 13.4 Å². The van der Waals surface area contributed by atoms with Crippen molar-refractivity contribution in [2.45, 2.75) is 32.4 Å². The van der Waals surface area contributed by atoms with Crippen LogP contribution in [-0.4, -0.2) is 13.2 Å². The van der Waals surface area contributed by atoms with Gasteiger partial charge in [0.1, 0.15) is 11.5 Å². The number of hydrogen-bond donors (Lipinski definition) is 1. The van der Waals surface area contributed by atoms with Gasteiger partial charge in [-0.2, -0.15) is 0 Å². The summed E-state index contributed by atoms with van der Waals surface area (Å²) in [4.78, 5) is 0. The van der Waals surface area contributed by atoms with Gasteiger partial charge in [-0.1, -0.05) is 12.1 Å². The van der Waals surface area contributed by atoms with Crippen LogP contribution in [0, 0.1) is 0 Å². The van der Waals surface area contributed by atoms with Gasteiger partial charge in [0.05, 0.1) is 13.4 Å². The molecule has 2 atom stereocenters. The highest BCUT2D eigenvalue weighted by atomic mass is 16.5. The van der Waals surface area contributed by atoms with Gasteiger partial charge in [0, 0.05) is 18.5 Å². The quantitative estimate of drug-likeness (QED) is 0.861. The number of benzene rings is 1. The van der Waals surface area contributed by atoms with Crippen molar-refractivity contribution in [3.05, 3.63) is 54.0 Å². The fraction of sp³-hybridized carbons (Fsp3) is 0.375. The molecule has 102 valence electrons. The summed E-state index contributed by atoms with van der Waals surface area (Å²) in [7, 11) is 1.69. The SMILES string of the molecule is COc1cccc([C@@H](C)NC(C)Cc2ccco2)c1. The van der Waals surface area contributed by atoms with Gasteiger partial charge in [-0.15, -0.1) is 0 Å². The second-order valence-electron chi connectivity index (χ2n) is 4.85. The minimum absolute atomic E-state index is 0.278. The van der Waals surface area contributed by atoms with E-state index < -0.39 is 0 Å². The summed E-state index contributed by atoms with van der Waals surface area (Å²) in [6.07, 6.45) is 2.61. The molecule has 19 heavy (non-hydrogen) atoms. The maximum atomic E-state index is 5.37. The highest BCUT2D eigenvalue weighted by molar-refractivity contribution is 5.30. The Kier molecular flexibility index (Phi) is 4.63. The van der Waals surface area contributed by atoms with Crippen LogP contribution in [0.1, 0.15) is 31.2 Å². The minimum Gasteiger partial charge on any atom is -0.497 e. The molecule has 0 amide bonds. The molecule has 0 aliphatic rings. The van der Waals surface area contributed by atoms with E-state index in [4.69, 9.17) is 9.15 Å². The first kappa shape index (κ1) is 13.7. The molecular weight excluding hydrogens is 238 g/mol. The summed E-state index contributed by atoms with van der Waals surface area (Å²) < 4.78 is 10.6. The van der Waals surface area contributed by atoms with E-state index in [2.05, 4.69) is 31.3 Å². The zero-order chi connectivity index (χ0) is 13.7. The summed E-state index contributed by atoms with van der Waals surface area (Å²) >= 11 is 0. The normalized spacial score (nSPS) is 14.1. The first-order valence-electron chi connectivity index (χ1n) is 6.61. The molecular formula is C16H21NO2. The third-order valence-electron chi connectivity index (χ3n) is 3.22. The Morgan fingerprint density at radius 1 is 1.21 bits per heavy atom. The van der Waals surface area contributed by atoms with E-state index in [0.717, 1.165) is 17.9 Å². The Balaban J connectivity index is 1.94. The molecule has 0 aliphatic heterocycles. The summed E-state index contributed by atoms with van der Waals surface area (Å²) in [5, 5.41) is 3.57. The van der Waals surface area contributed by atoms with Gasteiger partial charge in [0.2, 0.25) is 0 Å². The summed E-state index contributed by atoms with van der Waals surface area (Å²) in [6.45, 7) is 4.33. The van der Waals surface area contributed by atoms with E-state index in [1.807, 2.05) is 24.3 Å². The van der Waals surface area contributed by atoms with Crippen molar-refractivity contribution in [3.63, 3.8) is 0 Å². The van der Waals surface area contributed by atoms with Crippen LogP contribution >= 0.6 is 0 Å². The molecule has 1 aromatic carbocycles. The molecule has 3 heteroatoms. The second kappa shape index (κ2) is 6.43. The first-order chi connectivity index (χ1) is 9.19. The molecule has 2 aromatic rings. The maximum absolute atomic E-state index is 5.37. The summed E-state index contributed by atoms with van der Waals surface area (Å²) in [5.74, 6) is 1.91. The average molecular weight is 259 g/mol. The van der Waals surface area contributed by atoms with Gasteiger partial charge < -0.3 is 14.5 Å². The largest absolute Gasteiger partial charge is 0.497 e. The zero-order valence-electron chi connectivity index (χ0n) is 11.7. The number of furan rings is 1. The van der Waals surface area contributed by atoms with Gasteiger partial charge >= 0.3 is 0 Å². The monoisotopic (exact) mass is 259 g/mol. The minimum atomic E-state index is 0.278. The summed E-state index contributed by atoms with van der Waals surface area (Å²) in [6, 6.07) is 12.7. The molecule has 0 bridgehead atoms. The molecule has 1 unspecified atom stereocenters. The third-order valence-corrected chi connectivity index (χ3v) is 3.22. The van der Waals surface area contributed by atoms with Crippen molar-refractivity contribution in [3.8, 4) is 5.75 Å². The van der Waals surface area contributed by atoms with Gasteiger partial charge in [-0.3, -0.25) is 0 Å². The molecule has 1 N–H and O–H groups in total. The Morgan fingerprint density at radius 2 is 2.05 bits per heavy atom. The van der Waals surface area contributed by atoms with E-state index in [0.29, 0.717) is 6.04 Å². The van der Waals surface area contributed by atoms with Crippen LogP contribution in [0.2, 0.25) is 0 Å². The van der Waals surface area contributed by atoms with Crippen molar-refractivity contribution >= 4 is 0 Å². The second-order valence-corrected chi connectivity index (χ2v) is 4.85. The molecule has 2 rings (SSSR count). The molecule has 3 nitrogen and oxygen atoms in total. The lowest BCUT2D eigenvalue weighted by Crippen LogP contribution is -2.30. The Labute approximate surface area is 114 Å². The van der Waals surface area contributed by atoms with Gasteiger partial charge in [0.15, 0.2) is 0 Å². The predicted molar refractivity (Wildman–Crippen MR) is 76.4 cm³/mol. The Morgan fingerprint density at radius 3 is 2.74 bits per heavy atom. The fourth-order valence-corrected chi connectivity index (χ4v) is 2.22. The van der Waals surface area contributed by atoms with Crippen molar-refractivity contribution in [1.29, 1.82) is 0 Å². The smallest absolute Gasteiger partial charge is 0.119 e. The highest BCUT2D eigenvalue weighted by Crippen LogP contribution is 2.19. The van der Waals surface area contributed by atoms with Crippen molar-refractivity contribution < 1.29 is 9.15 Å². The average Bonchev–Trinajstić information content (AvgIpc) is 2.91. The van der Waals surface area contributed by atoms with Crippen LogP contribution in [0.4, 0.5) is 0 Å². The Hall–Kier alpha value is -1.74. The van der Waals surface area contributed by atoms with Gasteiger partial charge in [-0.05, 0) is 43.7 Å². The lowest BCUT2D eigenvalue weighted by molar-refractivity contribution is 0.409. The van der Waals surface area contributed by atoms with Crippen LogP contribution in [0.25, 0.3) is 0 Å². The number of hydrogen-bond acceptors (Lipinski definition) is 3. The van der Waals surface area contributed by atoms with Crippen LogP contribution in [0.15, 0.2) is 47.1 Å². The Bertz CT molecular complexity index is 493. The topological polar surface area (TPSA) is 34.4 Å². The molecule has 0 fully saturated rings. The lowest BCUT2D eigenvalue weighted by Gasteiger charge is -2.20. The van der Waals surface area contributed by atoms with Crippen LogP contribution in [0.5, 0.6) is 5.75 Å². The highest BCUT2D eigenvalue weighted by Gasteiger charge is 2.11. The third kappa shape index (κ3) is 3.86.